The highest BCUT2D eigenvalue weighted by atomic mass is 16.6. The summed E-state index contributed by atoms with van der Waals surface area (Å²) < 4.78 is 10.8. The second-order valence-corrected chi connectivity index (χ2v) is 4.40. The molecular weight excluding hydrogens is 242 g/mol. The first kappa shape index (κ1) is 15.3. The van der Waals surface area contributed by atoms with Gasteiger partial charge in [-0.2, -0.15) is 0 Å². The van der Waals surface area contributed by atoms with Crippen molar-refractivity contribution in [3.63, 3.8) is 0 Å². The minimum Gasteiger partial charge on any atom is -0.489 e. The summed E-state index contributed by atoms with van der Waals surface area (Å²) in [4.78, 5) is 12.7. The van der Waals surface area contributed by atoms with E-state index in [1.54, 1.807) is 11.9 Å². The molecule has 1 aliphatic heterocycles. The van der Waals surface area contributed by atoms with Crippen molar-refractivity contribution in [3.05, 3.63) is 29.3 Å². The number of aryl methyl sites for hydroxylation is 1. The molecule has 106 valence electrons. The first-order chi connectivity index (χ1) is 9.08. The molecule has 2 rings (SSSR count). The molecule has 0 radical (unpaired) electrons. The number of cyclic esters (lactones) is 1. The molecule has 1 unspecified atom stereocenters. The molecule has 0 bridgehead atoms. The van der Waals surface area contributed by atoms with Gasteiger partial charge in [-0.3, -0.25) is 0 Å². The standard InChI is InChI=1S/C13H17NO3.C2H6/c1-9-5-4-6-12(10(9)2)16-8-11-7-14(3)13(15)17-11;1-2/h4-6,11H,7-8H2,1-3H3;1-2H3. The first-order valence-electron chi connectivity index (χ1n) is 6.68. The summed E-state index contributed by atoms with van der Waals surface area (Å²) in [6, 6.07) is 5.94. The molecule has 4 nitrogen and oxygen atoms in total. The zero-order chi connectivity index (χ0) is 14.4. The smallest absolute Gasteiger partial charge is 0.410 e. The van der Waals surface area contributed by atoms with Crippen LogP contribution in [0.5, 0.6) is 5.75 Å². The lowest BCUT2D eigenvalue weighted by atomic mass is 10.1. The van der Waals surface area contributed by atoms with Gasteiger partial charge in [-0.05, 0) is 31.0 Å². The third-order valence-electron chi connectivity index (χ3n) is 3.04. The van der Waals surface area contributed by atoms with Gasteiger partial charge in [0.1, 0.15) is 12.4 Å². The first-order valence-corrected chi connectivity index (χ1v) is 6.68. The van der Waals surface area contributed by atoms with Crippen LogP contribution in [0.15, 0.2) is 18.2 Å². The van der Waals surface area contributed by atoms with Crippen LogP contribution in [0.3, 0.4) is 0 Å². The average molecular weight is 265 g/mol. The van der Waals surface area contributed by atoms with Gasteiger partial charge in [0.25, 0.3) is 0 Å². The van der Waals surface area contributed by atoms with Crippen LogP contribution in [-0.4, -0.2) is 37.3 Å². The van der Waals surface area contributed by atoms with Crippen LogP contribution in [0.4, 0.5) is 4.79 Å². The third-order valence-corrected chi connectivity index (χ3v) is 3.04. The lowest BCUT2D eigenvalue weighted by molar-refractivity contribution is 0.103. The molecule has 1 atom stereocenters. The molecule has 0 aliphatic carbocycles. The van der Waals surface area contributed by atoms with Crippen molar-refractivity contribution >= 4 is 6.09 Å². The van der Waals surface area contributed by atoms with Crippen molar-refractivity contribution in [2.75, 3.05) is 20.2 Å². The molecule has 0 aromatic heterocycles. The molecule has 1 heterocycles. The zero-order valence-corrected chi connectivity index (χ0v) is 12.4. The maximum atomic E-state index is 11.2. The minimum absolute atomic E-state index is 0.174. The Kier molecular flexibility index (Phi) is 5.67. The average Bonchev–Trinajstić information content (AvgIpc) is 2.73. The fraction of sp³-hybridized carbons (Fsp3) is 0.533. The number of nitrogens with zero attached hydrogens (tertiary/aromatic N) is 1. The van der Waals surface area contributed by atoms with E-state index in [2.05, 4.69) is 0 Å². The highest BCUT2D eigenvalue weighted by molar-refractivity contribution is 5.69. The van der Waals surface area contributed by atoms with Crippen LogP contribution in [0.2, 0.25) is 0 Å². The molecule has 4 heteroatoms. The van der Waals surface area contributed by atoms with E-state index in [9.17, 15) is 4.79 Å². The summed E-state index contributed by atoms with van der Waals surface area (Å²) >= 11 is 0. The molecule has 1 saturated heterocycles. The van der Waals surface area contributed by atoms with E-state index >= 15 is 0 Å². The Morgan fingerprint density at radius 2 is 2.05 bits per heavy atom. The summed E-state index contributed by atoms with van der Waals surface area (Å²) in [5.41, 5.74) is 2.33. The fourth-order valence-electron chi connectivity index (χ4n) is 1.80. The van der Waals surface area contributed by atoms with Gasteiger partial charge in [0, 0.05) is 7.05 Å². The number of hydrogen-bond donors (Lipinski definition) is 0. The molecule has 0 saturated carbocycles. The Balaban J connectivity index is 0.000000861. The van der Waals surface area contributed by atoms with Crippen LogP contribution >= 0.6 is 0 Å². The van der Waals surface area contributed by atoms with Gasteiger partial charge in [-0.15, -0.1) is 0 Å². The quantitative estimate of drug-likeness (QED) is 0.842. The molecule has 1 amide bonds. The topological polar surface area (TPSA) is 38.8 Å². The Bertz CT molecular complexity index is 431. The van der Waals surface area contributed by atoms with Gasteiger partial charge in [-0.1, -0.05) is 26.0 Å². The van der Waals surface area contributed by atoms with E-state index in [4.69, 9.17) is 9.47 Å². The number of carbonyl (C=O) groups is 1. The minimum atomic E-state index is -0.278. The highest BCUT2D eigenvalue weighted by Crippen LogP contribution is 2.21. The van der Waals surface area contributed by atoms with E-state index in [1.807, 2.05) is 45.9 Å². The molecule has 1 fully saturated rings. The van der Waals surface area contributed by atoms with Gasteiger partial charge < -0.3 is 14.4 Å². The third kappa shape index (κ3) is 3.88. The van der Waals surface area contributed by atoms with E-state index in [1.165, 1.54) is 5.56 Å². The SMILES string of the molecule is CC.Cc1cccc(OCC2CN(C)C(=O)O2)c1C. The summed E-state index contributed by atoms with van der Waals surface area (Å²) in [7, 11) is 1.72. The highest BCUT2D eigenvalue weighted by Gasteiger charge is 2.28. The predicted octanol–water partition coefficient (Wildman–Crippen LogP) is 3.16. The molecule has 0 spiro atoms. The number of rotatable bonds is 3. The summed E-state index contributed by atoms with van der Waals surface area (Å²) in [6.07, 6.45) is -0.452. The van der Waals surface area contributed by atoms with E-state index in [0.717, 1.165) is 11.3 Å². The lowest BCUT2D eigenvalue weighted by Gasteiger charge is -2.13. The van der Waals surface area contributed by atoms with Crippen molar-refractivity contribution < 1.29 is 14.3 Å². The van der Waals surface area contributed by atoms with E-state index in [0.29, 0.717) is 13.2 Å². The Labute approximate surface area is 115 Å². The largest absolute Gasteiger partial charge is 0.489 e. The Morgan fingerprint density at radius 1 is 1.37 bits per heavy atom. The van der Waals surface area contributed by atoms with Gasteiger partial charge in [-0.25, -0.2) is 4.79 Å². The van der Waals surface area contributed by atoms with Gasteiger partial charge >= 0.3 is 6.09 Å². The van der Waals surface area contributed by atoms with Crippen LogP contribution < -0.4 is 4.74 Å². The number of hydrogen-bond acceptors (Lipinski definition) is 3. The maximum Gasteiger partial charge on any atom is 0.410 e. The predicted molar refractivity (Wildman–Crippen MR) is 75.7 cm³/mol. The van der Waals surface area contributed by atoms with E-state index < -0.39 is 0 Å². The van der Waals surface area contributed by atoms with Gasteiger partial charge in [0.05, 0.1) is 6.54 Å². The molecule has 1 aromatic rings. The Morgan fingerprint density at radius 3 is 2.63 bits per heavy atom. The van der Waals surface area contributed by atoms with Crippen molar-refractivity contribution in [1.29, 1.82) is 0 Å². The zero-order valence-electron chi connectivity index (χ0n) is 12.4. The fourth-order valence-corrected chi connectivity index (χ4v) is 1.80. The molecule has 1 aliphatic rings. The summed E-state index contributed by atoms with van der Waals surface area (Å²) in [6.45, 7) is 9.06. The van der Waals surface area contributed by atoms with Crippen molar-refractivity contribution in [3.8, 4) is 5.75 Å². The molecule has 19 heavy (non-hydrogen) atoms. The van der Waals surface area contributed by atoms with Crippen molar-refractivity contribution in [1.82, 2.24) is 4.90 Å². The normalized spacial score (nSPS) is 17.6. The molecular formula is C15H23NO3. The maximum absolute atomic E-state index is 11.2. The molecule has 0 N–H and O–H groups in total. The van der Waals surface area contributed by atoms with Gasteiger partial charge in [0.15, 0.2) is 6.10 Å². The Hall–Kier alpha value is -1.71. The van der Waals surface area contributed by atoms with Crippen LogP contribution in [0.1, 0.15) is 25.0 Å². The number of amides is 1. The second-order valence-electron chi connectivity index (χ2n) is 4.40. The summed E-state index contributed by atoms with van der Waals surface area (Å²) in [5.74, 6) is 0.857. The number of benzene rings is 1. The van der Waals surface area contributed by atoms with Crippen molar-refractivity contribution in [2.24, 2.45) is 0 Å². The second kappa shape index (κ2) is 7.02. The monoisotopic (exact) mass is 265 g/mol. The van der Waals surface area contributed by atoms with Gasteiger partial charge in [0.2, 0.25) is 0 Å². The van der Waals surface area contributed by atoms with E-state index in [-0.39, 0.29) is 12.2 Å². The van der Waals surface area contributed by atoms with Crippen LogP contribution in [0.25, 0.3) is 0 Å². The number of carbonyl (C=O) groups excluding carboxylic acids is 1. The summed E-state index contributed by atoms with van der Waals surface area (Å²) in [5, 5.41) is 0. The number of ether oxygens (including phenoxy) is 2. The van der Waals surface area contributed by atoms with Crippen molar-refractivity contribution in [2.45, 2.75) is 33.8 Å². The molecule has 1 aromatic carbocycles. The number of likely N-dealkylation sites (N-methyl/N-ethyl adjacent to an activating group) is 1. The van der Waals surface area contributed by atoms with Crippen LogP contribution in [0, 0.1) is 13.8 Å². The van der Waals surface area contributed by atoms with Crippen LogP contribution in [-0.2, 0) is 4.74 Å². The lowest BCUT2D eigenvalue weighted by Crippen LogP contribution is -2.23.